The number of phenolic OH excluding ortho intramolecular Hbond substituents is 1. The van der Waals surface area contributed by atoms with Crippen LogP contribution < -0.4 is 5.32 Å². The summed E-state index contributed by atoms with van der Waals surface area (Å²) >= 11 is 0. The molecule has 2 bridgehead atoms. The third kappa shape index (κ3) is 1.03. The number of nitrogens with zero attached hydrogens (tertiary/aromatic N) is 1. The maximum Gasteiger partial charge on any atom is 0.138 e. The highest BCUT2D eigenvalue weighted by atomic mass is 16.3. The van der Waals surface area contributed by atoms with Gasteiger partial charge < -0.3 is 10.4 Å². The summed E-state index contributed by atoms with van der Waals surface area (Å²) in [6.07, 6.45) is 9.47. The van der Waals surface area contributed by atoms with E-state index >= 15 is 0 Å². The highest BCUT2D eigenvalue weighted by Gasteiger charge is 2.75. The fourth-order valence-corrected chi connectivity index (χ4v) is 7.52. The number of hydrogen-bond acceptors (Lipinski definition) is 3. The maximum atomic E-state index is 10.4. The number of phenols is 1. The first-order chi connectivity index (χ1) is 10.7. The molecule has 3 spiro atoms. The molecule has 116 valence electrons. The van der Waals surface area contributed by atoms with Crippen molar-refractivity contribution in [2.45, 2.75) is 61.9 Å². The zero-order chi connectivity index (χ0) is 14.6. The number of piperidine rings is 1. The van der Waals surface area contributed by atoms with Gasteiger partial charge in [0.1, 0.15) is 5.75 Å². The Kier molecular flexibility index (Phi) is 1.93. The quantitative estimate of drug-likeness (QED) is 0.722. The lowest BCUT2D eigenvalue weighted by molar-refractivity contribution is -0.0987. The smallest absolute Gasteiger partial charge is 0.138 e. The SMILES string of the molecule is Oc1cccc2c1NC13CCC4(CCCN5CCC21C54)CC3. The molecule has 2 saturated heterocycles. The summed E-state index contributed by atoms with van der Waals surface area (Å²) in [5, 5.41) is 14.3. The lowest BCUT2D eigenvalue weighted by Gasteiger charge is -2.67. The number of anilines is 1. The summed E-state index contributed by atoms with van der Waals surface area (Å²) in [5.74, 6) is 0.461. The molecule has 2 unspecified atom stereocenters. The second-order valence-corrected chi connectivity index (χ2v) is 8.53. The first-order valence-electron chi connectivity index (χ1n) is 9.06. The van der Waals surface area contributed by atoms with Crippen LogP contribution in [0.2, 0.25) is 0 Å². The molecule has 3 aliphatic heterocycles. The van der Waals surface area contributed by atoms with Gasteiger partial charge in [-0.3, -0.25) is 4.90 Å². The monoisotopic (exact) mass is 296 g/mol. The van der Waals surface area contributed by atoms with Crippen LogP contribution in [0.5, 0.6) is 5.75 Å². The molecule has 1 aromatic rings. The molecular weight excluding hydrogens is 272 g/mol. The predicted molar refractivity (Wildman–Crippen MR) is 86.3 cm³/mol. The summed E-state index contributed by atoms with van der Waals surface area (Å²) in [4.78, 5) is 2.82. The molecule has 3 nitrogen and oxygen atoms in total. The van der Waals surface area contributed by atoms with E-state index in [9.17, 15) is 5.11 Å². The molecule has 2 N–H and O–H groups in total. The number of fused-ring (bicyclic) bond motifs is 3. The molecule has 0 aromatic heterocycles. The van der Waals surface area contributed by atoms with Crippen molar-refractivity contribution in [2.24, 2.45) is 5.41 Å². The molecule has 3 heterocycles. The average Bonchev–Trinajstić information content (AvgIpc) is 3.08. The van der Waals surface area contributed by atoms with Crippen LogP contribution in [0.15, 0.2) is 18.2 Å². The van der Waals surface area contributed by atoms with Gasteiger partial charge in [0.25, 0.3) is 0 Å². The van der Waals surface area contributed by atoms with Gasteiger partial charge in [0.2, 0.25) is 0 Å². The lowest BCUT2D eigenvalue weighted by atomic mass is 9.42. The van der Waals surface area contributed by atoms with Crippen LogP contribution in [0.4, 0.5) is 5.69 Å². The van der Waals surface area contributed by atoms with Gasteiger partial charge in [-0.05, 0) is 75.1 Å². The summed E-state index contributed by atoms with van der Waals surface area (Å²) in [7, 11) is 0. The van der Waals surface area contributed by atoms with E-state index in [0.29, 0.717) is 17.2 Å². The number of benzene rings is 1. The number of hydrogen-bond donors (Lipinski definition) is 2. The molecule has 0 amide bonds. The van der Waals surface area contributed by atoms with Crippen LogP contribution >= 0.6 is 0 Å². The van der Waals surface area contributed by atoms with Crippen molar-refractivity contribution in [1.29, 1.82) is 0 Å². The standard InChI is InChI=1S/C19H24N2O/c22-14-4-1-3-13-15(14)20-18-8-6-17(7-9-18)5-2-11-21-12-10-19(13,18)16(17)21/h1,3-4,16,20,22H,2,5-12H2. The van der Waals surface area contributed by atoms with Crippen molar-refractivity contribution in [3.05, 3.63) is 23.8 Å². The number of nitrogens with one attached hydrogen (secondary N) is 1. The molecular formula is C19H24N2O. The van der Waals surface area contributed by atoms with Crippen LogP contribution in [0.25, 0.3) is 0 Å². The van der Waals surface area contributed by atoms with E-state index in [2.05, 4.69) is 22.3 Å². The molecule has 5 fully saturated rings. The van der Waals surface area contributed by atoms with E-state index in [1.807, 2.05) is 6.07 Å². The van der Waals surface area contributed by atoms with E-state index in [1.165, 1.54) is 63.6 Å². The maximum absolute atomic E-state index is 10.4. The molecule has 2 atom stereocenters. The zero-order valence-electron chi connectivity index (χ0n) is 13.1. The Morgan fingerprint density at radius 2 is 1.91 bits per heavy atom. The first-order valence-corrected chi connectivity index (χ1v) is 9.06. The van der Waals surface area contributed by atoms with Crippen LogP contribution in [-0.2, 0) is 5.41 Å². The van der Waals surface area contributed by atoms with Crippen LogP contribution in [0, 0.1) is 5.41 Å². The Labute approximate surface area is 131 Å². The molecule has 1 aromatic carbocycles. The van der Waals surface area contributed by atoms with E-state index in [1.54, 1.807) is 0 Å². The van der Waals surface area contributed by atoms with Crippen molar-refractivity contribution in [3.8, 4) is 5.75 Å². The number of rotatable bonds is 0. The minimum Gasteiger partial charge on any atom is -0.506 e. The fraction of sp³-hybridized carbons (Fsp3) is 0.684. The van der Waals surface area contributed by atoms with Gasteiger partial charge in [-0.25, -0.2) is 0 Å². The van der Waals surface area contributed by atoms with E-state index in [4.69, 9.17) is 0 Å². The molecule has 7 rings (SSSR count). The van der Waals surface area contributed by atoms with Crippen LogP contribution in [-0.4, -0.2) is 34.7 Å². The molecule has 22 heavy (non-hydrogen) atoms. The van der Waals surface area contributed by atoms with Gasteiger partial charge in [-0.1, -0.05) is 12.1 Å². The third-order valence-corrected chi connectivity index (χ3v) is 8.17. The Hall–Kier alpha value is -1.22. The van der Waals surface area contributed by atoms with Gasteiger partial charge in [0, 0.05) is 17.0 Å². The van der Waals surface area contributed by atoms with E-state index < -0.39 is 0 Å². The number of aromatic hydroxyl groups is 1. The molecule has 3 aliphatic carbocycles. The lowest BCUT2D eigenvalue weighted by Crippen LogP contribution is -2.72. The Bertz CT molecular complexity index is 676. The molecule has 3 heteroatoms. The molecule has 3 saturated carbocycles. The normalized spacial score (nSPS) is 47.7. The Morgan fingerprint density at radius 3 is 2.77 bits per heavy atom. The topological polar surface area (TPSA) is 35.5 Å². The van der Waals surface area contributed by atoms with Crippen LogP contribution in [0.1, 0.15) is 50.5 Å². The Balaban J connectivity index is 1.67. The van der Waals surface area contributed by atoms with Crippen molar-refractivity contribution in [3.63, 3.8) is 0 Å². The highest BCUT2D eigenvalue weighted by molar-refractivity contribution is 5.73. The summed E-state index contributed by atoms with van der Waals surface area (Å²) in [6, 6.07) is 6.94. The van der Waals surface area contributed by atoms with Crippen molar-refractivity contribution >= 4 is 5.69 Å². The minimum atomic E-state index is 0.215. The average molecular weight is 296 g/mol. The Morgan fingerprint density at radius 1 is 1.05 bits per heavy atom. The van der Waals surface area contributed by atoms with Gasteiger partial charge >= 0.3 is 0 Å². The van der Waals surface area contributed by atoms with Gasteiger partial charge in [0.15, 0.2) is 0 Å². The first kappa shape index (κ1) is 12.2. The third-order valence-electron chi connectivity index (χ3n) is 8.17. The van der Waals surface area contributed by atoms with Crippen molar-refractivity contribution in [1.82, 2.24) is 4.90 Å². The van der Waals surface area contributed by atoms with Crippen molar-refractivity contribution in [2.75, 3.05) is 18.4 Å². The van der Waals surface area contributed by atoms with E-state index in [0.717, 1.165) is 5.69 Å². The predicted octanol–water partition coefficient (Wildman–Crippen LogP) is 3.24. The second kappa shape index (κ2) is 3.48. The number of para-hydroxylation sites is 1. The molecule has 6 aliphatic rings. The zero-order valence-corrected chi connectivity index (χ0v) is 13.1. The fourth-order valence-electron chi connectivity index (χ4n) is 7.52. The highest BCUT2D eigenvalue weighted by Crippen LogP contribution is 2.73. The van der Waals surface area contributed by atoms with Crippen molar-refractivity contribution < 1.29 is 5.11 Å². The summed E-state index contributed by atoms with van der Waals surface area (Å²) < 4.78 is 0. The van der Waals surface area contributed by atoms with Gasteiger partial charge in [-0.15, -0.1) is 0 Å². The van der Waals surface area contributed by atoms with Gasteiger partial charge in [-0.2, -0.15) is 0 Å². The van der Waals surface area contributed by atoms with E-state index in [-0.39, 0.29) is 11.0 Å². The van der Waals surface area contributed by atoms with Gasteiger partial charge in [0.05, 0.1) is 5.69 Å². The second-order valence-electron chi connectivity index (χ2n) is 8.53. The van der Waals surface area contributed by atoms with Crippen LogP contribution in [0.3, 0.4) is 0 Å². The summed E-state index contributed by atoms with van der Waals surface area (Å²) in [5.41, 5.74) is 3.54. The summed E-state index contributed by atoms with van der Waals surface area (Å²) in [6.45, 7) is 2.54. The molecule has 0 radical (unpaired) electrons. The minimum absolute atomic E-state index is 0.215. The largest absolute Gasteiger partial charge is 0.506 e.